The van der Waals surface area contributed by atoms with Gasteiger partial charge in [-0.1, -0.05) is 6.92 Å². The molecular weight excluding hydrogens is 148 g/mol. The Morgan fingerprint density at radius 2 is 2.00 bits per heavy atom. The molecule has 2 fully saturated rings. The Hall–Kier alpha value is -0.0400. The van der Waals surface area contributed by atoms with Crippen molar-refractivity contribution in [2.24, 2.45) is 17.8 Å². The molecule has 0 saturated heterocycles. The van der Waals surface area contributed by atoms with E-state index in [4.69, 9.17) is 0 Å². The predicted molar refractivity (Wildman–Crippen MR) is 49.9 cm³/mol. The van der Waals surface area contributed by atoms with E-state index in [1.54, 1.807) is 0 Å². The summed E-state index contributed by atoms with van der Waals surface area (Å²) in [4.78, 5) is 0. The smallest absolute Gasteiger partial charge is 0.0648 e. The largest absolute Gasteiger partial charge is 0.390 e. The Morgan fingerprint density at radius 1 is 1.25 bits per heavy atom. The van der Waals surface area contributed by atoms with Crippen LogP contribution in [0.5, 0.6) is 0 Å². The van der Waals surface area contributed by atoms with Gasteiger partial charge in [-0.25, -0.2) is 0 Å². The fourth-order valence-electron chi connectivity index (χ4n) is 3.19. The summed E-state index contributed by atoms with van der Waals surface area (Å²) in [5, 5.41) is 10.1. The Morgan fingerprint density at radius 3 is 2.75 bits per heavy atom. The summed E-state index contributed by atoms with van der Waals surface area (Å²) in [7, 11) is 0. The summed E-state index contributed by atoms with van der Waals surface area (Å²) >= 11 is 0. The van der Waals surface area contributed by atoms with Gasteiger partial charge < -0.3 is 5.11 Å². The molecule has 0 aromatic carbocycles. The first kappa shape index (κ1) is 8.55. The molecule has 0 aromatic heterocycles. The lowest BCUT2D eigenvalue weighted by atomic mass is 9.62. The number of aliphatic hydroxyl groups is 1. The zero-order valence-corrected chi connectivity index (χ0v) is 8.21. The molecule has 2 bridgehead atoms. The molecule has 0 heterocycles. The zero-order valence-electron chi connectivity index (χ0n) is 8.21. The van der Waals surface area contributed by atoms with Crippen molar-refractivity contribution in [3.63, 3.8) is 0 Å². The molecule has 2 rings (SSSR count). The fourth-order valence-corrected chi connectivity index (χ4v) is 3.19. The molecule has 0 amide bonds. The Bertz CT molecular complexity index is 172. The Balaban J connectivity index is 2.10. The molecule has 1 heteroatoms. The minimum absolute atomic E-state index is 0.342. The van der Waals surface area contributed by atoms with Crippen LogP contribution in [-0.2, 0) is 0 Å². The van der Waals surface area contributed by atoms with Gasteiger partial charge in [-0.3, -0.25) is 0 Å². The molecule has 0 aromatic rings. The average Bonchev–Trinajstić information content (AvgIpc) is 1.98. The second-order valence-electron chi connectivity index (χ2n) is 5.27. The van der Waals surface area contributed by atoms with Crippen molar-refractivity contribution in [2.75, 3.05) is 0 Å². The maximum absolute atomic E-state index is 10.1. The predicted octanol–water partition coefficient (Wildman–Crippen LogP) is 2.58. The normalized spacial score (nSPS) is 53.8. The third-order valence-electron chi connectivity index (χ3n) is 3.98. The van der Waals surface area contributed by atoms with Crippen LogP contribution >= 0.6 is 0 Å². The first-order chi connectivity index (χ1) is 5.58. The van der Waals surface area contributed by atoms with Gasteiger partial charge in [0.2, 0.25) is 0 Å². The molecule has 2 saturated carbocycles. The first-order valence-corrected chi connectivity index (χ1v) is 5.30. The molecule has 4 unspecified atom stereocenters. The van der Waals surface area contributed by atoms with Crippen LogP contribution in [0.3, 0.4) is 0 Å². The molecule has 1 N–H and O–H groups in total. The van der Waals surface area contributed by atoms with Crippen molar-refractivity contribution in [1.29, 1.82) is 0 Å². The average molecular weight is 168 g/mol. The second kappa shape index (κ2) is 2.73. The first-order valence-electron chi connectivity index (χ1n) is 5.30. The van der Waals surface area contributed by atoms with E-state index in [1.807, 2.05) is 6.92 Å². The highest BCUT2D eigenvalue weighted by Gasteiger charge is 2.41. The van der Waals surface area contributed by atoms with Crippen molar-refractivity contribution in [3.8, 4) is 0 Å². The van der Waals surface area contributed by atoms with Crippen LogP contribution in [0, 0.1) is 17.8 Å². The lowest BCUT2D eigenvalue weighted by Crippen LogP contribution is -2.44. The van der Waals surface area contributed by atoms with Gasteiger partial charge >= 0.3 is 0 Å². The molecule has 2 aliphatic carbocycles. The molecule has 0 aliphatic heterocycles. The highest BCUT2D eigenvalue weighted by atomic mass is 16.3. The van der Waals surface area contributed by atoms with Gasteiger partial charge in [0.15, 0.2) is 0 Å². The molecule has 70 valence electrons. The van der Waals surface area contributed by atoms with Crippen LogP contribution in [0.2, 0.25) is 0 Å². The van der Waals surface area contributed by atoms with Gasteiger partial charge in [0, 0.05) is 0 Å². The zero-order chi connectivity index (χ0) is 8.77. The lowest BCUT2D eigenvalue weighted by molar-refractivity contribution is -0.0741. The minimum atomic E-state index is -0.342. The summed E-state index contributed by atoms with van der Waals surface area (Å²) in [5.41, 5.74) is -0.342. The van der Waals surface area contributed by atoms with E-state index in [1.165, 1.54) is 25.7 Å². The number of hydrogen-bond donors (Lipinski definition) is 1. The Labute approximate surface area is 75.2 Å². The van der Waals surface area contributed by atoms with E-state index in [0.717, 1.165) is 18.3 Å². The van der Waals surface area contributed by atoms with Crippen molar-refractivity contribution in [2.45, 2.75) is 51.6 Å². The van der Waals surface area contributed by atoms with Gasteiger partial charge in [0.25, 0.3) is 0 Å². The van der Waals surface area contributed by atoms with Gasteiger partial charge in [0.1, 0.15) is 0 Å². The summed E-state index contributed by atoms with van der Waals surface area (Å²) in [5.74, 6) is 2.37. The van der Waals surface area contributed by atoms with Crippen molar-refractivity contribution in [1.82, 2.24) is 0 Å². The van der Waals surface area contributed by atoms with Crippen LogP contribution < -0.4 is 0 Å². The van der Waals surface area contributed by atoms with Crippen LogP contribution in [0.4, 0.5) is 0 Å². The lowest BCUT2D eigenvalue weighted by Gasteiger charge is -2.46. The third-order valence-corrected chi connectivity index (χ3v) is 3.98. The molecule has 2 aliphatic rings. The van der Waals surface area contributed by atoms with E-state index in [-0.39, 0.29) is 5.60 Å². The summed E-state index contributed by atoms with van der Waals surface area (Å²) in [6.45, 7) is 4.37. The molecule has 4 atom stereocenters. The van der Waals surface area contributed by atoms with Crippen molar-refractivity contribution >= 4 is 0 Å². The van der Waals surface area contributed by atoms with E-state index < -0.39 is 0 Å². The summed E-state index contributed by atoms with van der Waals surface area (Å²) in [6, 6.07) is 0. The number of hydrogen-bond acceptors (Lipinski definition) is 1. The maximum atomic E-state index is 10.1. The molecule has 0 spiro atoms. The van der Waals surface area contributed by atoms with Crippen LogP contribution in [0.1, 0.15) is 46.0 Å². The highest BCUT2D eigenvalue weighted by molar-refractivity contribution is 4.93. The summed E-state index contributed by atoms with van der Waals surface area (Å²) in [6.07, 6.45) is 6.25. The van der Waals surface area contributed by atoms with E-state index >= 15 is 0 Å². The topological polar surface area (TPSA) is 20.2 Å². The monoisotopic (exact) mass is 168 g/mol. The minimum Gasteiger partial charge on any atom is -0.390 e. The van der Waals surface area contributed by atoms with Gasteiger partial charge in [0.05, 0.1) is 5.60 Å². The van der Waals surface area contributed by atoms with Gasteiger partial charge in [-0.2, -0.15) is 0 Å². The van der Waals surface area contributed by atoms with E-state index in [9.17, 15) is 5.11 Å². The van der Waals surface area contributed by atoms with Gasteiger partial charge in [-0.15, -0.1) is 0 Å². The fraction of sp³-hybridized carbons (Fsp3) is 1.00. The molecule has 12 heavy (non-hydrogen) atoms. The Kier molecular flexibility index (Phi) is 1.95. The van der Waals surface area contributed by atoms with Crippen molar-refractivity contribution in [3.05, 3.63) is 0 Å². The van der Waals surface area contributed by atoms with Crippen molar-refractivity contribution < 1.29 is 5.11 Å². The van der Waals surface area contributed by atoms with E-state index in [2.05, 4.69) is 6.92 Å². The highest BCUT2D eigenvalue weighted by Crippen LogP contribution is 2.46. The van der Waals surface area contributed by atoms with Crippen LogP contribution in [0.25, 0.3) is 0 Å². The SMILES string of the molecule is CC1CC2CCC(C)(O)C(C1)C2. The second-order valence-corrected chi connectivity index (χ2v) is 5.27. The number of rotatable bonds is 0. The van der Waals surface area contributed by atoms with Gasteiger partial charge in [-0.05, 0) is 56.8 Å². The van der Waals surface area contributed by atoms with E-state index in [0.29, 0.717) is 5.92 Å². The molecular formula is C11H20O. The quantitative estimate of drug-likeness (QED) is 0.589. The molecule has 1 nitrogen and oxygen atoms in total. The summed E-state index contributed by atoms with van der Waals surface area (Å²) < 4.78 is 0. The maximum Gasteiger partial charge on any atom is 0.0648 e. The van der Waals surface area contributed by atoms with Crippen LogP contribution in [-0.4, -0.2) is 10.7 Å². The number of fused-ring (bicyclic) bond motifs is 2. The molecule has 0 radical (unpaired) electrons. The van der Waals surface area contributed by atoms with Crippen LogP contribution in [0.15, 0.2) is 0 Å². The third kappa shape index (κ3) is 1.39. The standard InChI is InChI=1S/C11H20O/c1-8-5-9-3-4-11(2,12)10(6-8)7-9/h8-10,12H,3-7H2,1-2H3.